The summed E-state index contributed by atoms with van der Waals surface area (Å²) < 4.78 is 6.79. The maximum absolute atomic E-state index is 11.9. The van der Waals surface area contributed by atoms with Gasteiger partial charge in [0.1, 0.15) is 5.56 Å². The Kier molecular flexibility index (Phi) is 2.38. The fourth-order valence-corrected chi connectivity index (χ4v) is 1.53. The predicted molar refractivity (Wildman–Crippen MR) is 58.8 cm³/mol. The van der Waals surface area contributed by atoms with Crippen LogP contribution in [-0.2, 0) is 14.1 Å². The van der Waals surface area contributed by atoms with Crippen molar-refractivity contribution < 1.29 is 9.63 Å². The van der Waals surface area contributed by atoms with Gasteiger partial charge in [-0.3, -0.25) is 13.9 Å². The minimum atomic E-state index is -0.623. The van der Waals surface area contributed by atoms with E-state index in [0.29, 0.717) is 5.69 Å². The molecule has 2 heterocycles. The zero-order chi connectivity index (χ0) is 12.7. The predicted octanol–water partition coefficient (Wildman–Crippen LogP) is -0.247. The highest BCUT2D eigenvalue weighted by atomic mass is 16.5. The van der Waals surface area contributed by atoms with E-state index >= 15 is 0 Å². The van der Waals surface area contributed by atoms with Gasteiger partial charge in [-0.25, -0.2) is 4.79 Å². The van der Waals surface area contributed by atoms with E-state index in [1.165, 1.54) is 20.2 Å². The first kappa shape index (κ1) is 11.2. The number of hydrogen-bond donors (Lipinski definition) is 1. The molecule has 0 aliphatic heterocycles. The Bertz CT molecular complexity index is 693. The quantitative estimate of drug-likeness (QED) is 0.738. The van der Waals surface area contributed by atoms with Crippen LogP contribution >= 0.6 is 0 Å². The Labute approximate surface area is 95.5 Å². The summed E-state index contributed by atoms with van der Waals surface area (Å²) in [6.45, 7) is 1.69. The van der Waals surface area contributed by atoms with E-state index in [-0.39, 0.29) is 11.3 Å². The summed E-state index contributed by atoms with van der Waals surface area (Å²) in [5.41, 5.74) is -0.722. The third-order valence-corrected chi connectivity index (χ3v) is 2.51. The van der Waals surface area contributed by atoms with Crippen molar-refractivity contribution in [3.63, 3.8) is 0 Å². The van der Waals surface area contributed by atoms with E-state index in [2.05, 4.69) is 5.16 Å². The molecule has 0 radical (unpaired) electrons. The molecule has 7 heteroatoms. The molecule has 0 aliphatic carbocycles. The molecule has 0 saturated heterocycles. The molecule has 0 atom stereocenters. The van der Waals surface area contributed by atoms with Gasteiger partial charge >= 0.3 is 5.69 Å². The van der Waals surface area contributed by atoms with Crippen LogP contribution in [0, 0.1) is 6.92 Å². The highest BCUT2D eigenvalue weighted by Crippen LogP contribution is 2.23. The number of hydrogen-bond acceptors (Lipinski definition) is 5. The maximum Gasteiger partial charge on any atom is 0.333 e. The number of nitrogens with zero attached hydrogens (tertiary/aromatic N) is 3. The normalized spacial score (nSPS) is 10.8. The Morgan fingerprint density at radius 2 is 1.94 bits per heavy atom. The molecule has 2 aromatic rings. The lowest BCUT2D eigenvalue weighted by molar-refractivity contribution is 0.398. The average Bonchev–Trinajstić information content (AvgIpc) is 2.71. The van der Waals surface area contributed by atoms with Crippen LogP contribution < -0.4 is 11.2 Å². The third kappa shape index (κ3) is 1.55. The fourth-order valence-electron chi connectivity index (χ4n) is 1.53. The van der Waals surface area contributed by atoms with E-state index in [9.17, 15) is 14.7 Å². The second-order valence-corrected chi connectivity index (χ2v) is 3.74. The zero-order valence-electron chi connectivity index (χ0n) is 9.59. The molecule has 0 bridgehead atoms. The van der Waals surface area contributed by atoms with Gasteiger partial charge in [0, 0.05) is 20.2 Å². The summed E-state index contributed by atoms with van der Waals surface area (Å²) in [7, 11) is 2.70. The van der Waals surface area contributed by atoms with Gasteiger partial charge in [-0.1, -0.05) is 5.16 Å². The maximum atomic E-state index is 11.9. The molecule has 0 aromatic carbocycles. The molecular weight excluding hydrogens is 226 g/mol. The molecule has 17 heavy (non-hydrogen) atoms. The molecule has 90 valence electrons. The summed E-state index contributed by atoms with van der Waals surface area (Å²) in [6, 6.07) is 1.51. The van der Waals surface area contributed by atoms with Crippen LogP contribution in [0.2, 0.25) is 0 Å². The van der Waals surface area contributed by atoms with Crippen molar-refractivity contribution in [1.29, 1.82) is 0 Å². The number of rotatable bonds is 1. The molecule has 0 amide bonds. The standard InChI is InChI=1S/C10H11N3O4/c1-5-4-6(17-11-5)7-8(14)12(2)10(16)13(3)9(7)15/h4,14H,1-3H3. The van der Waals surface area contributed by atoms with Gasteiger partial charge in [-0.2, -0.15) is 0 Å². The molecular formula is C10H11N3O4. The molecule has 0 saturated carbocycles. The lowest BCUT2D eigenvalue weighted by atomic mass is 10.2. The van der Waals surface area contributed by atoms with Crippen molar-refractivity contribution in [1.82, 2.24) is 14.3 Å². The smallest absolute Gasteiger partial charge is 0.333 e. The van der Waals surface area contributed by atoms with E-state index in [1.54, 1.807) is 6.92 Å². The van der Waals surface area contributed by atoms with Gasteiger partial charge < -0.3 is 9.63 Å². The van der Waals surface area contributed by atoms with Gasteiger partial charge in [-0.05, 0) is 6.92 Å². The van der Waals surface area contributed by atoms with Crippen molar-refractivity contribution >= 4 is 0 Å². The van der Waals surface area contributed by atoms with Crippen molar-refractivity contribution in [2.24, 2.45) is 14.1 Å². The van der Waals surface area contributed by atoms with Crippen LogP contribution in [0.15, 0.2) is 20.2 Å². The number of aromatic hydroxyl groups is 1. The molecule has 2 aromatic heterocycles. The zero-order valence-corrected chi connectivity index (χ0v) is 9.59. The largest absolute Gasteiger partial charge is 0.494 e. The van der Waals surface area contributed by atoms with Gasteiger partial charge in [0.2, 0.25) is 5.88 Å². The summed E-state index contributed by atoms with van der Waals surface area (Å²) in [4.78, 5) is 23.4. The third-order valence-electron chi connectivity index (χ3n) is 2.51. The van der Waals surface area contributed by atoms with Crippen molar-refractivity contribution in [3.8, 4) is 17.2 Å². The minimum Gasteiger partial charge on any atom is -0.494 e. The minimum absolute atomic E-state index is 0.0739. The molecule has 2 rings (SSSR count). The van der Waals surface area contributed by atoms with E-state index in [0.717, 1.165) is 9.13 Å². The summed E-state index contributed by atoms with van der Waals surface area (Å²) in [5.74, 6) is -0.301. The highest BCUT2D eigenvalue weighted by molar-refractivity contribution is 5.61. The Balaban J connectivity index is 2.88. The van der Waals surface area contributed by atoms with E-state index < -0.39 is 17.1 Å². The lowest BCUT2D eigenvalue weighted by Crippen LogP contribution is -2.37. The van der Waals surface area contributed by atoms with Crippen LogP contribution in [0.25, 0.3) is 11.3 Å². The second-order valence-electron chi connectivity index (χ2n) is 3.74. The van der Waals surface area contributed by atoms with Gasteiger partial charge in [-0.15, -0.1) is 0 Å². The van der Waals surface area contributed by atoms with Crippen molar-refractivity contribution in [3.05, 3.63) is 32.6 Å². The SMILES string of the molecule is Cc1cc(-c2c(O)n(C)c(=O)n(C)c2=O)on1. The molecule has 0 aliphatic rings. The van der Waals surface area contributed by atoms with Gasteiger partial charge in [0.25, 0.3) is 5.56 Å². The Hall–Kier alpha value is -2.31. The Morgan fingerprint density at radius 3 is 2.47 bits per heavy atom. The van der Waals surface area contributed by atoms with E-state index in [4.69, 9.17) is 4.52 Å². The molecule has 0 unspecified atom stereocenters. The second kappa shape index (κ2) is 3.62. The first-order chi connectivity index (χ1) is 7.93. The van der Waals surface area contributed by atoms with Crippen LogP contribution in [-0.4, -0.2) is 19.4 Å². The highest BCUT2D eigenvalue weighted by Gasteiger charge is 2.19. The van der Waals surface area contributed by atoms with Crippen LogP contribution in [0.5, 0.6) is 5.88 Å². The lowest BCUT2D eigenvalue weighted by Gasteiger charge is -2.07. The first-order valence-corrected chi connectivity index (χ1v) is 4.86. The summed E-state index contributed by atoms with van der Waals surface area (Å²) in [5, 5.41) is 13.4. The van der Waals surface area contributed by atoms with Crippen LogP contribution in [0.3, 0.4) is 0 Å². The topological polar surface area (TPSA) is 90.3 Å². The number of aromatic nitrogens is 3. The van der Waals surface area contributed by atoms with Gasteiger partial charge in [0.15, 0.2) is 5.76 Å². The average molecular weight is 237 g/mol. The molecule has 1 N–H and O–H groups in total. The van der Waals surface area contributed by atoms with Crippen molar-refractivity contribution in [2.75, 3.05) is 0 Å². The van der Waals surface area contributed by atoms with Crippen LogP contribution in [0.1, 0.15) is 5.69 Å². The molecule has 0 fully saturated rings. The molecule has 0 spiro atoms. The van der Waals surface area contributed by atoms with Gasteiger partial charge in [0.05, 0.1) is 5.69 Å². The first-order valence-electron chi connectivity index (χ1n) is 4.86. The molecule has 7 nitrogen and oxygen atoms in total. The van der Waals surface area contributed by atoms with Crippen LogP contribution in [0.4, 0.5) is 0 Å². The fraction of sp³-hybridized carbons (Fsp3) is 0.300. The van der Waals surface area contributed by atoms with Crippen molar-refractivity contribution in [2.45, 2.75) is 6.92 Å². The number of aryl methyl sites for hydroxylation is 1. The van der Waals surface area contributed by atoms with E-state index in [1.807, 2.05) is 0 Å². The monoisotopic (exact) mass is 237 g/mol. The summed E-state index contributed by atoms with van der Waals surface area (Å²) >= 11 is 0. The summed E-state index contributed by atoms with van der Waals surface area (Å²) in [6.07, 6.45) is 0. The Morgan fingerprint density at radius 1 is 1.29 bits per heavy atom.